The number of aromatic nitrogens is 1. The van der Waals surface area contributed by atoms with Crippen LogP contribution in [0.3, 0.4) is 0 Å². The fourth-order valence-corrected chi connectivity index (χ4v) is 2.10. The predicted molar refractivity (Wildman–Crippen MR) is 80.6 cm³/mol. The normalized spacial score (nSPS) is 10.5. The van der Waals surface area contributed by atoms with E-state index < -0.39 is 0 Å². The zero-order valence-electron chi connectivity index (χ0n) is 11.1. The van der Waals surface area contributed by atoms with Crippen LogP contribution in [0.25, 0.3) is 0 Å². The molecule has 0 amide bonds. The molecule has 0 saturated carbocycles. The van der Waals surface area contributed by atoms with Crippen molar-refractivity contribution < 1.29 is 4.74 Å². The maximum absolute atomic E-state index is 5.92. The second kappa shape index (κ2) is 6.68. The van der Waals surface area contributed by atoms with Gasteiger partial charge in [-0.1, -0.05) is 25.1 Å². The number of pyridine rings is 1. The summed E-state index contributed by atoms with van der Waals surface area (Å²) >= 11 is 3.44. The lowest BCUT2D eigenvalue weighted by Gasteiger charge is -2.12. The van der Waals surface area contributed by atoms with Crippen LogP contribution in [0.4, 0.5) is 0 Å². The summed E-state index contributed by atoms with van der Waals surface area (Å²) in [7, 11) is 0. The van der Waals surface area contributed by atoms with Crippen LogP contribution in [0, 0.1) is 6.92 Å². The number of aryl methyl sites for hydroxylation is 1. The van der Waals surface area contributed by atoms with Crippen molar-refractivity contribution in [2.45, 2.75) is 20.4 Å². The van der Waals surface area contributed by atoms with E-state index >= 15 is 0 Å². The summed E-state index contributed by atoms with van der Waals surface area (Å²) < 4.78 is 6.88. The molecule has 0 aliphatic carbocycles. The number of benzene rings is 1. The van der Waals surface area contributed by atoms with Crippen molar-refractivity contribution in [1.29, 1.82) is 0 Å². The summed E-state index contributed by atoms with van der Waals surface area (Å²) in [5.41, 5.74) is 2.14. The van der Waals surface area contributed by atoms with Crippen LogP contribution in [0.1, 0.15) is 18.1 Å². The Morgan fingerprint density at radius 1 is 1.32 bits per heavy atom. The van der Waals surface area contributed by atoms with Gasteiger partial charge in [-0.15, -0.1) is 0 Å². The standard InChI is InChI=1S/C15H17BrN2O/c1-3-17-9-12-8-13(16)10-18-15(12)19-14-7-5-4-6-11(14)2/h4-8,10,17H,3,9H2,1-2H3. The summed E-state index contributed by atoms with van der Waals surface area (Å²) in [4.78, 5) is 4.36. The highest BCUT2D eigenvalue weighted by Crippen LogP contribution is 2.27. The number of nitrogens with one attached hydrogen (secondary N) is 1. The largest absolute Gasteiger partial charge is 0.438 e. The fraction of sp³-hybridized carbons (Fsp3) is 0.267. The van der Waals surface area contributed by atoms with Crippen molar-refractivity contribution in [3.63, 3.8) is 0 Å². The molecule has 0 aliphatic heterocycles. The van der Waals surface area contributed by atoms with E-state index in [9.17, 15) is 0 Å². The van der Waals surface area contributed by atoms with Gasteiger partial charge in [0.05, 0.1) is 0 Å². The Morgan fingerprint density at radius 3 is 2.84 bits per heavy atom. The zero-order valence-corrected chi connectivity index (χ0v) is 12.7. The van der Waals surface area contributed by atoms with Crippen molar-refractivity contribution in [2.75, 3.05) is 6.54 Å². The van der Waals surface area contributed by atoms with Crippen molar-refractivity contribution in [3.05, 3.63) is 52.1 Å². The minimum Gasteiger partial charge on any atom is -0.438 e. The molecule has 2 aromatic rings. The molecule has 1 aromatic carbocycles. The molecule has 4 heteroatoms. The predicted octanol–water partition coefficient (Wildman–Crippen LogP) is 4.05. The van der Waals surface area contributed by atoms with Gasteiger partial charge >= 0.3 is 0 Å². The Balaban J connectivity index is 2.26. The Morgan fingerprint density at radius 2 is 2.11 bits per heavy atom. The van der Waals surface area contributed by atoms with Gasteiger partial charge < -0.3 is 10.1 Å². The molecule has 1 aromatic heterocycles. The minimum atomic E-state index is 0.651. The second-order valence-electron chi connectivity index (χ2n) is 4.27. The van der Waals surface area contributed by atoms with Gasteiger partial charge in [-0.2, -0.15) is 0 Å². The smallest absolute Gasteiger partial charge is 0.223 e. The Bertz CT molecular complexity index is 558. The molecule has 1 N–H and O–H groups in total. The van der Waals surface area contributed by atoms with E-state index in [1.165, 1.54) is 0 Å². The molecule has 3 nitrogen and oxygen atoms in total. The Labute approximate surface area is 122 Å². The molecule has 0 bridgehead atoms. The molecule has 100 valence electrons. The lowest BCUT2D eigenvalue weighted by molar-refractivity contribution is 0.450. The van der Waals surface area contributed by atoms with Crippen LogP contribution >= 0.6 is 15.9 Å². The third-order valence-electron chi connectivity index (χ3n) is 2.76. The maximum Gasteiger partial charge on any atom is 0.223 e. The van der Waals surface area contributed by atoms with E-state index in [1.54, 1.807) is 6.20 Å². The van der Waals surface area contributed by atoms with Crippen LogP contribution in [0.15, 0.2) is 41.0 Å². The first-order chi connectivity index (χ1) is 9.20. The Kier molecular flexibility index (Phi) is 4.93. The number of hydrogen-bond acceptors (Lipinski definition) is 3. The molecule has 19 heavy (non-hydrogen) atoms. The van der Waals surface area contributed by atoms with Crippen molar-refractivity contribution in [1.82, 2.24) is 10.3 Å². The average Bonchev–Trinajstić information content (AvgIpc) is 2.41. The van der Waals surface area contributed by atoms with Crippen molar-refractivity contribution >= 4 is 15.9 Å². The molecule has 0 atom stereocenters. The van der Waals surface area contributed by atoms with Gasteiger partial charge in [-0.25, -0.2) is 4.98 Å². The first-order valence-corrected chi connectivity index (χ1v) is 7.08. The molecule has 2 rings (SSSR count). The van der Waals surface area contributed by atoms with E-state index in [0.717, 1.165) is 34.4 Å². The molecule has 0 saturated heterocycles. The van der Waals surface area contributed by atoms with Gasteiger partial charge in [0.25, 0.3) is 0 Å². The first kappa shape index (κ1) is 14.0. The molecule has 0 spiro atoms. The van der Waals surface area contributed by atoms with Crippen molar-refractivity contribution in [2.24, 2.45) is 0 Å². The number of nitrogens with zero attached hydrogens (tertiary/aromatic N) is 1. The summed E-state index contributed by atoms with van der Waals surface area (Å²) in [5, 5.41) is 3.29. The first-order valence-electron chi connectivity index (χ1n) is 6.29. The molecular weight excluding hydrogens is 304 g/mol. The molecule has 0 fully saturated rings. The molecule has 0 aliphatic rings. The maximum atomic E-state index is 5.92. The third-order valence-corrected chi connectivity index (χ3v) is 3.19. The van der Waals surface area contributed by atoms with Gasteiger partial charge in [0.15, 0.2) is 0 Å². The van der Waals surface area contributed by atoms with Crippen LogP contribution in [0.5, 0.6) is 11.6 Å². The average molecular weight is 321 g/mol. The number of halogens is 1. The van der Waals surface area contributed by atoms with Crippen LogP contribution in [0.2, 0.25) is 0 Å². The van der Waals surface area contributed by atoms with Gasteiger partial charge in [0.2, 0.25) is 5.88 Å². The van der Waals surface area contributed by atoms with Gasteiger partial charge in [-0.3, -0.25) is 0 Å². The van der Waals surface area contributed by atoms with Gasteiger partial charge in [0.1, 0.15) is 5.75 Å². The lowest BCUT2D eigenvalue weighted by atomic mass is 10.2. The van der Waals surface area contributed by atoms with Gasteiger partial charge in [0, 0.05) is 22.8 Å². The minimum absolute atomic E-state index is 0.651. The topological polar surface area (TPSA) is 34.2 Å². The number of ether oxygens (including phenoxy) is 1. The van der Waals surface area contributed by atoms with E-state index in [2.05, 4.69) is 33.2 Å². The van der Waals surface area contributed by atoms with Crippen LogP contribution in [-0.4, -0.2) is 11.5 Å². The highest BCUT2D eigenvalue weighted by molar-refractivity contribution is 9.10. The highest BCUT2D eigenvalue weighted by Gasteiger charge is 2.08. The Hall–Kier alpha value is -1.39. The summed E-state index contributed by atoms with van der Waals surface area (Å²) in [6.45, 7) is 5.76. The van der Waals surface area contributed by atoms with E-state index in [4.69, 9.17) is 4.74 Å². The summed E-state index contributed by atoms with van der Waals surface area (Å²) in [6.07, 6.45) is 1.75. The molecule has 0 unspecified atom stereocenters. The second-order valence-corrected chi connectivity index (χ2v) is 5.18. The lowest BCUT2D eigenvalue weighted by Crippen LogP contribution is -2.13. The molecule has 1 heterocycles. The van der Waals surface area contributed by atoms with Gasteiger partial charge in [-0.05, 0) is 47.1 Å². The van der Waals surface area contributed by atoms with E-state index in [-0.39, 0.29) is 0 Å². The fourth-order valence-electron chi connectivity index (χ4n) is 1.72. The SMILES string of the molecule is CCNCc1cc(Br)cnc1Oc1ccccc1C. The summed E-state index contributed by atoms with van der Waals surface area (Å²) in [6, 6.07) is 9.97. The number of hydrogen-bond donors (Lipinski definition) is 1. The number of rotatable bonds is 5. The third kappa shape index (κ3) is 3.78. The van der Waals surface area contributed by atoms with Crippen LogP contribution < -0.4 is 10.1 Å². The van der Waals surface area contributed by atoms with E-state index in [0.29, 0.717) is 5.88 Å². The van der Waals surface area contributed by atoms with Crippen molar-refractivity contribution in [3.8, 4) is 11.6 Å². The van der Waals surface area contributed by atoms with E-state index in [1.807, 2.05) is 37.3 Å². The highest BCUT2D eigenvalue weighted by atomic mass is 79.9. The zero-order chi connectivity index (χ0) is 13.7. The quantitative estimate of drug-likeness (QED) is 0.902. The number of para-hydroxylation sites is 1. The van der Waals surface area contributed by atoms with Crippen LogP contribution in [-0.2, 0) is 6.54 Å². The summed E-state index contributed by atoms with van der Waals surface area (Å²) in [5.74, 6) is 1.49. The molecular formula is C15H17BrN2O. The monoisotopic (exact) mass is 320 g/mol. The molecule has 0 radical (unpaired) electrons.